The van der Waals surface area contributed by atoms with Crippen molar-refractivity contribution in [2.24, 2.45) is 7.05 Å². The van der Waals surface area contributed by atoms with E-state index in [0.29, 0.717) is 21.6 Å². The second kappa shape index (κ2) is 10.5. The van der Waals surface area contributed by atoms with Crippen molar-refractivity contribution < 1.29 is 4.79 Å². The minimum absolute atomic E-state index is 0.128. The minimum atomic E-state index is -0.128. The lowest BCUT2D eigenvalue weighted by atomic mass is 9.97. The monoisotopic (exact) mass is 479 g/mol. The van der Waals surface area contributed by atoms with Gasteiger partial charge in [-0.2, -0.15) is 5.26 Å². The highest BCUT2D eigenvalue weighted by molar-refractivity contribution is 7.99. The molecule has 172 valence electrons. The Balaban J connectivity index is 1.42. The number of amides is 1. The van der Waals surface area contributed by atoms with Crippen molar-refractivity contribution in [1.82, 2.24) is 14.8 Å². The molecule has 0 radical (unpaired) electrons. The van der Waals surface area contributed by atoms with Crippen LogP contribution in [0.5, 0.6) is 0 Å². The van der Waals surface area contributed by atoms with Gasteiger partial charge in [0.25, 0.3) is 0 Å². The first kappa shape index (κ1) is 23.5. The first-order chi connectivity index (χ1) is 16.0. The number of thioether (sulfide) groups is 1. The van der Waals surface area contributed by atoms with Crippen molar-refractivity contribution in [2.45, 2.75) is 63.4 Å². The molecule has 1 aliphatic carbocycles. The van der Waals surface area contributed by atoms with Crippen LogP contribution in [0.25, 0.3) is 11.4 Å². The van der Waals surface area contributed by atoms with E-state index in [9.17, 15) is 10.1 Å². The molecule has 8 heteroatoms. The zero-order valence-electron chi connectivity index (χ0n) is 19.4. The molecule has 0 bridgehead atoms. The van der Waals surface area contributed by atoms with Gasteiger partial charge in [-0.1, -0.05) is 62.7 Å². The van der Waals surface area contributed by atoms with Crippen LogP contribution in [0.4, 0.5) is 5.00 Å². The summed E-state index contributed by atoms with van der Waals surface area (Å²) in [6.45, 7) is 4.34. The average Bonchev–Trinajstić information content (AvgIpc) is 3.31. The number of aryl methyl sites for hydroxylation is 1. The Bertz CT molecular complexity index is 1170. The highest BCUT2D eigenvalue weighted by Crippen LogP contribution is 2.36. The molecule has 3 aromatic rings. The molecule has 0 fully saturated rings. The molecule has 33 heavy (non-hydrogen) atoms. The molecule has 4 rings (SSSR count). The SMILES string of the molecule is CC(C)c1ccc(-c2nnc(SCC(=O)Nc3sc4c(c3C#N)CCCCCC4)n2C)cc1. The summed E-state index contributed by atoms with van der Waals surface area (Å²) in [5.74, 6) is 1.34. The van der Waals surface area contributed by atoms with Crippen LogP contribution in [0.1, 0.15) is 67.0 Å². The topological polar surface area (TPSA) is 83.6 Å². The molecule has 0 spiro atoms. The van der Waals surface area contributed by atoms with E-state index in [-0.39, 0.29) is 11.7 Å². The molecule has 1 aromatic carbocycles. The summed E-state index contributed by atoms with van der Waals surface area (Å²) in [4.78, 5) is 14.0. The largest absolute Gasteiger partial charge is 0.316 e. The zero-order chi connectivity index (χ0) is 23.4. The summed E-state index contributed by atoms with van der Waals surface area (Å²) < 4.78 is 1.92. The molecule has 1 N–H and O–H groups in total. The summed E-state index contributed by atoms with van der Waals surface area (Å²) in [6, 6.07) is 10.7. The number of carbonyl (C=O) groups excluding carboxylic acids is 1. The predicted octanol–water partition coefficient (Wildman–Crippen LogP) is 5.93. The third-order valence-corrected chi connectivity index (χ3v) is 8.27. The summed E-state index contributed by atoms with van der Waals surface area (Å²) >= 11 is 2.92. The van der Waals surface area contributed by atoms with E-state index in [0.717, 1.165) is 42.6 Å². The van der Waals surface area contributed by atoms with Crippen LogP contribution >= 0.6 is 23.1 Å². The van der Waals surface area contributed by atoms with Crippen molar-refractivity contribution in [2.75, 3.05) is 11.1 Å². The van der Waals surface area contributed by atoms with Crippen LogP contribution in [0.2, 0.25) is 0 Å². The van der Waals surface area contributed by atoms with E-state index in [1.165, 1.54) is 35.0 Å². The van der Waals surface area contributed by atoms with Gasteiger partial charge in [-0.05, 0) is 42.7 Å². The Kier molecular flexibility index (Phi) is 7.51. The Morgan fingerprint density at radius 3 is 2.61 bits per heavy atom. The smallest absolute Gasteiger partial charge is 0.235 e. The number of thiophene rings is 1. The maximum Gasteiger partial charge on any atom is 0.235 e. The van der Waals surface area contributed by atoms with Gasteiger partial charge in [0.2, 0.25) is 5.91 Å². The Morgan fingerprint density at radius 1 is 1.18 bits per heavy atom. The Labute approximate surface area is 203 Å². The number of fused-ring (bicyclic) bond motifs is 1. The zero-order valence-corrected chi connectivity index (χ0v) is 21.0. The standard InChI is InChI=1S/C25H29N5OS2/c1-16(2)17-10-12-18(13-11-17)23-28-29-25(30(23)3)32-15-22(31)27-24-20(14-26)19-8-6-4-5-7-9-21(19)33-24/h10-13,16H,4-9,15H2,1-3H3,(H,27,31). The molecule has 6 nitrogen and oxygen atoms in total. The number of nitrogens with one attached hydrogen (secondary N) is 1. The first-order valence-corrected chi connectivity index (χ1v) is 13.2. The fourth-order valence-electron chi connectivity index (χ4n) is 4.13. The third-order valence-electron chi connectivity index (χ3n) is 6.04. The molecule has 1 amide bonds. The minimum Gasteiger partial charge on any atom is -0.316 e. The molecule has 2 heterocycles. The second-order valence-electron chi connectivity index (χ2n) is 8.71. The van der Waals surface area contributed by atoms with Gasteiger partial charge >= 0.3 is 0 Å². The van der Waals surface area contributed by atoms with Crippen LogP contribution in [0, 0.1) is 11.3 Å². The van der Waals surface area contributed by atoms with Crippen molar-refractivity contribution in [3.63, 3.8) is 0 Å². The number of aromatic nitrogens is 3. The Morgan fingerprint density at radius 2 is 1.91 bits per heavy atom. The lowest BCUT2D eigenvalue weighted by molar-refractivity contribution is -0.113. The molecule has 0 saturated carbocycles. The van der Waals surface area contributed by atoms with Gasteiger partial charge in [-0.3, -0.25) is 4.79 Å². The summed E-state index contributed by atoms with van der Waals surface area (Å²) in [6.07, 6.45) is 6.63. The van der Waals surface area contributed by atoms with Gasteiger partial charge in [0.1, 0.15) is 11.1 Å². The summed E-state index contributed by atoms with van der Waals surface area (Å²) in [5, 5.41) is 22.7. The van der Waals surface area contributed by atoms with Crippen molar-refractivity contribution in [3.8, 4) is 17.5 Å². The lowest BCUT2D eigenvalue weighted by Crippen LogP contribution is -2.14. The summed E-state index contributed by atoms with van der Waals surface area (Å²) in [7, 11) is 1.92. The maximum absolute atomic E-state index is 12.7. The van der Waals surface area contributed by atoms with Crippen molar-refractivity contribution in [1.29, 1.82) is 5.26 Å². The summed E-state index contributed by atoms with van der Waals surface area (Å²) in [5.41, 5.74) is 4.08. The van der Waals surface area contributed by atoms with E-state index >= 15 is 0 Å². The highest BCUT2D eigenvalue weighted by Gasteiger charge is 2.21. The van der Waals surface area contributed by atoms with Crippen molar-refractivity contribution in [3.05, 3.63) is 45.8 Å². The van der Waals surface area contributed by atoms with Gasteiger partial charge in [-0.25, -0.2) is 0 Å². The Hall–Kier alpha value is -2.63. The van der Waals surface area contributed by atoms with E-state index < -0.39 is 0 Å². The third kappa shape index (κ3) is 5.31. The van der Waals surface area contributed by atoms with Crippen LogP contribution in [0.3, 0.4) is 0 Å². The van der Waals surface area contributed by atoms with Gasteiger partial charge < -0.3 is 9.88 Å². The van der Waals surface area contributed by atoms with Crippen LogP contribution in [-0.4, -0.2) is 26.4 Å². The molecule has 0 aliphatic heterocycles. The predicted molar refractivity (Wildman–Crippen MR) is 135 cm³/mol. The normalized spacial score (nSPS) is 13.8. The van der Waals surface area contributed by atoms with Crippen molar-refractivity contribution >= 4 is 34.0 Å². The van der Waals surface area contributed by atoms with E-state index in [1.54, 1.807) is 11.3 Å². The first-order valence-electron chi connectivity index (χ1n) is 11.4. The second-order valence-corrected chi connectivity index (χ2v) is 10.8. The van der Waals surface area contributed by atoms with Crippen LogP contribution in [0.15, 0.2) is 29.4 Å². The molecule has 0 atom stereocenters. The molecule has 2 aromatic heterocycles. The number of rotatable bonds is 6. The number of benzene rings is 1. The average molecular weight is 480 g/mol. The van der Waals surface area contributed by atoms with Gasteiger partial charge in [0, 0.05) is 17.5 Å². The van der Waals surface area contributed by atoms with Gasteiger partial charge in [-0.15, -0.1) is 21.5 Å². The van der Waals surface area contributed by atoms with E-state index in [1.807, 2.05) is 11.6 Å². The fourth-order valence-corrected chi connectivity index (χ4v) is 6.09. The number of anilines is 1. The lowest BCUT2D eigenvalue weighted by Gasteiger charge is -2.08. The number of hydrogen-bond acceptors (Lipinski definition) is 6. The van der Waals surface area contributed by atoms with Gasteiger partial charge in [0.15, 0.2) is 11.0 Å². The number of nitriles is 1. The van der Waals surface area contributed by atoms with E-state index in [4.69, 9.17) is 0 Å². The fraction of sp³-hybridized carbons (Fsp3) is 0.440. The maximum atomic E-state index is 12.7. The highest BCUT2D eigenvalue weighted by atomic mass is 32.2. The molecular weight excluding hydrogens is 450 g/mol. The molecule has 0 saturated heterocycles. The molecule has 1 aliphatic rings. The number of carbonyl (C=O) groups is 1. The molecular formula is C25H29N5OS2. The van der Waals surface area contributed by atoms with Crippen LogP contribution < -0.4 is 5.32 Å². The van der Waals surface area contributed by atoms with Crippen LogP contribution in [-0.2, 0) is 24.7 Å². The van der Waals surface area contributed by atoms with E-state index in [2.05, 4.69) is 59.7 Å². The molecule has 0 unspecified atom stereocenters. The number of nitrogens with zero attached hydrogens (tertiary/aromatic N) is 4. The quantitative estimate of drug-likeness (QED) is 0.443. The number of hydrogen-bond donors (Lipinski definition) is 1. The van der Waals surface area contributed by atoms with Gasteiger partial charge in [0.05, 0.1) is 11.3 Å².